The summed E-state index contributed by atoms with van der Waals surface area (Å²) in [6, 6.07) is 11.6. The van der Waals surface area contributed by atoms with Gasteiger partial charge in [-0.3, -0.25) is 9.59 Å². The van der Waals surface area contributed by atoms with Crippen LogP contribution in [-0.2, 0) is 9.59 Å². The number of carbonyl (C=O) groups is 2. The molecule has 0 bridgehead atoms. The number of rotatable bonds is 5. The van der Waals surface area contributed by atoms with Crippen molar-refractivity contribution in [3.05, 3.63) is 58.1 Å². The molecular formula is C23H27ClN4O2. The van der Waals surface area contributed by atoms with Crippen molar-refractivity contribution in [1.29, 1.82) is 0 Å². The van der Waals surface area contributed by atoms with Gasteiger partial charge in [0.1, 0.15) is 0 Å². The molecule has 0 radical (unpaired) electrons. The van der Waals surface area contributed by atoms with Crippen LogP contribution in [0.2, 0.25) is 5.02 Å². The summed E-state index contributed by atoms with van der Waals surface area (Å²) in [5, 5.41) is 10.7. The second kappa shape index (κ2) is 10.3. The molecule has 1 aliphatic carbocycles. The van der Waals surface area contributed by atoms with Crippen molar-refractivity contribution < 1.29 is 9.59 Å². The predicted molar refractivity (Wildman–Crippen MR) is 121 cm³/mol. The molecule has 0 heterocycles. The molecule has 1 fully saturated rings. The molecule has 0 atom stereocenters. The van der Waals surface area contributed by atoms with E-state index in [1.54, 1.807) is 12.1 Å². The first-order chi connectivity index (χ1) is 14.4. The van der Waals surface area contributed by atoms with Gasteiger partial charge >= 0.3 is 11.8 Å². The molecule has 30 heavy (non-hydrogen) atoms. The van der Waals surface area contributed by atoms with Crippen molar-refractivity contribution in [2.45, 2.75) is 52.0 Å². The zero-order chi connectivity index (χ0) is 21.5. The summed E-state index contributed by atoms with van der Waals surface area (Å²) < 4.78 is 0. The number of nitrogens with one attached hydrogen (secondary N) is 3. The summed E-state index contributed by atoms with van der Waals surface area (Å²) in [6.07, 6.45) is 6.65. The Bertz CT molecular complexity index is 952. The second-order valence-corrected chi connectivity index (χ2v) is 8.12. The van der Waals surface area contributed by atoms with Crippen LogP contribution in [0.5, 0.6) is 0 Å². The van der Waals surface area contributed by atoms with Gasteiger partial charge in [0.2, 0.25) is 0 Å². The quantitative estimate of drug-likeness (QED) is 0.371. The monoisotopic (exact) mass is 426 g/mol. The molecule has 0 saturated heterocycles. The average molecular weight is 427 g/mol. The third-order valence-electron chi connectivity index (χ3n) is 5.19. The van der Waals surface area contributed by atoms with Crippen LogP contribution < -0.4 is 16.1 Å². The number of halogens is 1. The lowest BCUT2D eigenvalue weighted by atomic mass is 9.95. The summed E-state index contributed by atoms with van der Waals surface area (Å²) in [4.78, 5) is 24.1. The molecule has 6 nitrogen and oxygen atoms in total. The normalized spacial score (nSPS) is 14.5. The third kappa shape index (κ3) is 6.07. The molecule has 0 aliphatic heterocycles. The Labute approximate surface area is 182 Å². The number of hydrogen-bond donors (Lipinski definition) is 3. The topological polar surface area (TPSA) is 82.6 Å². The van der Waals surface area contributed by atoms with Crippen molar-refractivity contribution in [1.82, 2.24) is 10.7 Å². The molecule has 1 aliphatic rings. The standard InChI is InChI=1S/C23H27ClN4O2/c1-15-8-9-16(2)21(12-15)27-20-11-10-18(24)13-17(20)14-25-28-23(30)22(29)26-19-6-4-3-5-7-19/h8-14,19,27H,3-7H2,1-2H3,(H,26,29)(H,28,30)/b25-14-. The van der Waals surface area contributed by atoms with Crippen LogP contribution in [0.4, 0.5) is 11.4 Å². The summed E-state index contributed by atoms with van der Waals surface area (Å²) in [6.45, 7) is 4.05. The van der Waals surface area contributed by atoms with Crippen LogP contribution in [0, 0.1) is 13.8 Å². The Morgan fingerprint density at radius 2 is 1.77 bits per heavy atom. The highest BCUT2D eigenvalue weighted by atomic mass is 35.5. The first kappa shape index (κ1) is 21.8. The molecule has 1 saturated carbocycles. The number of hydrazone groups is 1. The zero-order valence-corrected chi connectivity index (χ0v) is 18.1. The fraction of sp³-hybridized carbons (Fsp3) is 0.348. The number of carbonyl (C=O) groups excluding carboxylic acids is 2. The van der Waals surface area contributed by atoms with Gasteiger partial charge in [-0.25, -0.2) is 5.43 Å². The highest BCUT2D eigenvalue weighted by molar-refractivity contribution is 6.35. The Morgan fingerprint density at radius 1 is 1.00 bits per heavy atom. The minimum Gasteiger partial charge on any atom is -0.355 e. The maximum absolute atomic E-state index is 12.1. The SMILES string of the molecule is Cc1ccc(C)c(Nc2ccc(Cl)cc2/C=N\NC(=O)C(=O)NC2CCCCC2)c1. The molecule has 2 aromatic carbocycles. The van der Waals surface area contributed by atoms with Crippen molar-refractivity contribution in [3.63, 3.8) is 0 Å². The lowest BCUT2D eigenvalue weighted by molar-refractivity contribution is -0.139. The Morgan fingerprint density at radius 3 is 2.53 bits per heavy atom. The second-order valence-electron chi connectivity index (χ2n) is 7.68. The van der Waals surface area contributed by atoms with E-state index >= 15 is 0 Å². The van der Waals surface area contributed by atoms with E-state index in [1.165, 1.54) is 12.6 Å². The van der Waals surface area contributed by atoms with Gasteiger partial charge in [0.15, 0.2) is 0 Å². The number of aryl methyl sites for hydroxylation is 2. The lowest BCUT2D eigenvalue weighted by Crippen LogP contribution is -2.44. The van der Waals surface area contributed by atoms with E-state index in [1.807, 2.05) is 26.0 Å². The van der Waals surface area contributed by atoms with Crippen LogP contribution in [0.15, 0.2) is 41.5 Å². The summed E-state index contributed by atoms with van der Waals surface area (Å²) in [5.41, 5.74) is 7.00. The van der Waals surface area contributed by atoms with E-state index in [-0.39, 0.29) is 6.04 Å². The first-order valence-corrected chi connectivity index (χ1v) is 10.6. The smallest absolute Gasteiger partial charge is 0.329 e. The molecule has 2 amide bonds. The highest BCUT2D eigenvalue weighted by Crippen LogP contribution is 2.26. The molecule has 0 aromatic heterocycles. The number of amides is 2. The van der Waals surface area contributed by atoms with Gasteiger partial charge in [-0.2, -0.15) is 5.10 Å². The van der Waals surface area contributed by atoms with Crippen molar-refractivity contribution in [2.75, 3.05) is 5.32 Å². The van der Waals surface area contributed by atoms with Crippen LogP contribution in [0.3, 0.4) is 0 Å². The summed E-state index contributed by atoms with van der Waals surface area (Å²) in [7, 11) is 0. The van der Waals surface area contributed by atoms with E-state index in [9.17, 15) is 9.59 Å². The summed E-state index contributed by atoms with van der Waals surface area (Å²) >= 11 is 6.14. The van der Waals surface area contributed by atoms with Crippen molar-refractivity contribution in [3.8, 4) is 0 Å². The molecule has 0 unspecified atom stereocenters. The van der Waals surface area contributed by atoms with Gasteiger partial charge in [-0.05, 0) is 62.1 Å². The van der Waals surface area contributed by atoms with Gasteiger partial charge in [-0.1, -0.05) is 43.0 Å². The Balaban J connectivity index is 1.65. The molecule has 7 heteroatoms. The average Bonchev–Trinajstić information content (AvgIpc) is 2.73. The van der Waals surface area contributed by atoms with Crippen LogP contribution in [0.25, 0.3) is 0 Å². The van der Waals surface area contributed by atoms with E-state index in [4.69, 9.17) is 11.6 Å². The predicted octanol–water partition coefficient (Wildman–Crippen LogP) is 4.60. The Kier molecular flexibility index (Phi) is 7.46. The van der Waals surface area contributed by atoms with Gasteiger partial charge in [-0.15, -0.1) is 0 Å². The molecule has 3 rings (SSSR count). The maximum Gasteiger partial charge on any atom is 0.329 e. The van der Waals surface area contributed by atoms with Crippen LogP contribution >= 0.6 is 11.6 Å². The fourth-order valence-electron chi connectivity index (χ4n) is 3.48. The molecule has 3 N–H and O–H groups in total. The molecular weight excluding hydrogens is 400 g/mol. The van der Waals surface area contributed by atoms with Crippen LogP contribution in [-0.4, -0.2) is 24.1 Å². The largest absolute Gasteiger partial charge is 0.355 e. The van der Waals surface area contributed by atoms with E-state index in [0.717, 1.165) is 48.2 Å². The Hall–Kier alpha value is -2.86. The zero-order valence-electron chi connectivity index (χ0n) is 17.3. The molecule has 2 aromatic rings. The van der Waals surface area contributed by atoms with Gasteiger partial charge < -0.3 is 10.6 Å². The number of benzene rings is 2. The van der Waals surface area contributed by atoms with Crippen LogP contribution in [0.1, 0.15) is 48.8 Å². The molecule has 158 valence electrons. The number of hydrogen-bond acceptors (Lipinski definition) is 4. The third-order valence-corrected chi connectivity index (χ3v) is 5.43. The van der Waals surface area contributed by atoms with E-state index in [0.29, 0.717) is 10.6 Å². The number of anilines is 2. The summed E-state index contributed by atoms with van der Waals surface area (Å²) in [5.74, 6) is -1.43. The number of nitrogens with zero attached hydrogens (tertiary/aromatic N) is 1. The first-order valence-electron chi connectivity index (χ1n) is 10.2. The minimum atomic E-state index is -0.775. The lowest BCUT2D eigenvalue weighted by Gasteiger charge is -2.22. The minimum absolute atomic E-state index is 0.0716. The van der Waals surface area contributed by atoms with E-state index < -0.39 is 11.8 Å². The fourth-order valence-corrected chi connectivity index (χ4v) is 3.66. The van der Waals surface area contributed by atoms with E-state index in [2.05, 4.69) is 33.3 Å². The highest BCUT2D eigenvalue weighted by Gasteiger charge is 2.20. The van der Waals surface area contributed by atoms with Crippen molar-refractivity contribution >= 4 is 41.0 Å². The maximum atomic E-state index is 12.1. The van der Waals surface area contributed by atoms with Gasteiger partial charge in [0, 0.05) is 28.0 Å². The van der Waals surface area contributed by atoms with Crippen molar-refractivity contribution in [2.24, 2.45) is 5.10 Å². The van der Waals surface area contributed by atoms with Gasteiger partial charge in [0.05, 0.1) is 6.21 Å². The van der Waals surface area contributed by atoms with Gasteiger partial charge in [0.25, 0.3) is 0 Å². The molecule has 0 spiro atoms.